The highest BCUT2D eigenvalue weighted by Gasteiger charge is 2.30. The maximum Gasteiger partial charge on any atom is 0.472 e. The van der Waals surface area contributed by atoms with E-state index in [-0.39, 0.29) is 25.7 Å². The number of hydrogen-bond acceptors (Lipinski definition) is 15. The van der Waals surface area contributed by atoms with Crippen LogP contribution in [-0.2, 0) is 65.4 Å². The molecule has 3 N–H and O–H groups in total. The lowest BCUT2D eigenvalue weighted by atomic mass is 9.99. The number of unbranched alkanes of at least 4 members (excludes halogenated alkanes) is 45. The van der Waals surface area contributed by atoms with E-state index in [2.05, 4.69) is 41.5 Å². The number of aliphatic hydroxyl groups excluding tert-OH is 1. The summed E-state index contributed by atoms with van der Waals surface area (Å²) in [5, 5.41) is 10.6. The molecule has 0 aliphatic carbocycles. The van der Waals surface area contributed by atoms with Crippen molar-refractivity contribution in [3.8, 4) is 0 Å². The summed E-state index contributed by atoms with van der Waals surface area (Å²) in [6.07, 6.45) is 58.2. The van der Waals surface area contributed by atoms with Gasteiger partial charge in [0.2, 0.25) is 0 Å². The van der Waals surface area contributed by atoms with Gasteiger partial charge in [-0.2, -0.15) is 0 Å². The molecule has 576 valence electrons. The topological polar surface area (TPSA) is 237 Å². The van der Waals surface area contributed by atoms with E-state index in [4.69, 9.17) is 37.0 Å². The van der Waals surface area contributed by atoms with Crippen LogP contribution in [0.3, 0.4) is 0 Å². The van der Waals surface area contributed by atoms with Crippen molar-refractivity contribution in [3.63, 3.8) is 0 Å². The molecule has 0 rings (SSSR count). The van der Waals surface area contributed by atoms with Crippen molar-refractivity contribution in [2.24, 2.45) is 11.8 Å². The summed E-state index contributed by atoms with van der Waals surface area (Å²) in [4.78, 5) is 72.9. The largest absolute Gasteiger partial charge is 0.472 e. The van der Waals surface area contributed by atoms with Crippen LogP contribution < -0.4 is 0 Å². The maximum atomic E-state index is 13.1. The predicted molar refractivity (Wildman–Crippen MR) is 395 cm³/mol. The molecule has 0 spiro atoms. The van der Waals surface area contributed by atoms with E-state index < -0.39 is 97.5 Å². The molecule has 0 aromatic carbocycles. The second kappa shape index (κ2) is 69.8. The molecule has 0 aliphatic rings. The van der Waals surface area contributed by atoms with Crippen LogP contribution in [0.4, 0.5) is 0 Å². The Hall–Kier alpha value is -1.94. The lowest BCUT2D eigenvalue weighted by Gasteiger charge is -2.21. The Kier molecular flexibility index (Phi) is 68.4. The number of carbonyl (C=O) groups is 4. The fourth-order valence-corrected chi connectivity index (χ4v) is 13.5. The van der Waals surface area contributed by atoms with Crippen LogP contribution >= 0.6 is 15.6 Å². The molecule has 19 heteroatoms. The number of carbonyl (C=O) groups excluding carboxylic acids is 4. The molecule has 0 amide bonds. The van der Waals surface area contributed by atoms with Gasteiger partial charge in [0, 0.05) is 25.7 Å². The molecule has 0 bridgehead atoms. The zero-order valence-electron chi connectivity index (χ0n) is 63.4. The number of aliphatic hydroxyl groups is 1. The van der Waals surface area contributed by atoms with Gasteiger partial charge in [-0.15, -0.1) is 0 Å². The van der Waals surface area contributed by atoms with Gasteiger partial charge in [0.25, 0.3) is 0 Å². The first-order valence-corrected chi connectivity index (χ1v) is 43.6. The Bertz CT molecular complexity index is 1880. The number of esters is 4. The number of phosphoric ester groups is 2. The number of hydrogen-bond donors (Lipinski definition) is 3. The first-order chi connectivity index (χ1) is 46.9. The molecule has 17 nitrogen and oxygen atoms in total. The first kappa shape index (κ1) is 95.1. The van der Waals surface area contributed by atoms with Gasteiger partial charge in [-0.25, -0.2) is 9.13 Å². The summed E-state index contributed by atoms with van der Waals surface area (Å²) < 4.78 is 68.6. The number of rotatable bonds is 77. The molecule has 0 aromatic rings. The fourth-order valence-electron chi connectivity index (χ4n) is 11.9. The molecule has 0 aliphatic heterocycles. The maximum absolute atomic E-state index is 13.1. The monoisotopic (exact) mass is 1420 g/mol. The summed E-state index contributed by atoms with van der Waals surface area (Å²) in [5.41, 5.74) is 0. The molecule has 0 radical (unpaired) electrons. The van der Waals surface area contributed by atoms with Gasteiger partial charge in [-0.3, -0.25) is 37.3 Å². The molecule has 0 saturated heterocycles. The van der Waals surface area contributed by atoms with Crippen molar-refractivity contribution < 1.29 is 80.2 Å². The average Bonchev–Trinajstić information content (AvgIpc) is 1.06. The third kappa shape index (κ3) is 69.5. The van der Waals surface area contributed by atoms with E-state index in [1.54, 1.807) is 0 Å². The van der Waals surface area contributed by atoms with Crippen molar-refractivity contribution in [2.75, 3.05) is 39.6 Å². The van der Waals surface area contributed by atoms with E-state index in [0.29, 0.717) is 25.7 Å². The van der Waals surface area contributed by atoms with E-state index in [1.807, 2.05) is 0 Å². The molecule has 7 atom stereocenters. The summed E-state index contributed by atoms with van der Waals surface area (Å²) in [6.45, 7) is 9.61. The normalized spacial score (nSPS) is 14.5. The number of ether oxygens (including phenoxy) is 4. The lowest BCUT2D eigenvalue weighted by Crippen LogP contribution is -2.30. The highest BCUT2D eigenvalue weighted by atomic mass is 31.2. The van der Waals surface area contributed by atoms with Gasteiger partial charge < -0.3 is 33.8 Å². The van der Waals surface area contributed by atoms with Crippen LogP contribution in [0.2, 0.25) is 0 Å². The van der Waals surface area contributed by atoms with E-state index in [0.717, 1.165) is 108 Å². The van der Waals surface area contributed by atoms with Crippen LogP contribution in [-0.4, -0.2) is 96.7 Å². The van der Waals surface area contributed by atoms with Gasteiger partial charge in [0.05, 0.1) is 26.4 Å². The first-order valence-electron chi connectivity index (χ1n) is 40.6. The summed E-state index contributed by atoms with van der Waals surface area (Å²) >= 11 is 0. The van der Waals surface area contributed by atoms with Gasteiger partial charge in [-0.05, 0) is 37.5 Å². The third-order valence-electron chi connectivity index (χ3n) is 18.9. The average molecular weight is 1420 g/mol. The second-order valence-electron chi connectivity index (χ2n) is 28.6. The molecule has 0 aromatic heterocycles. The summed E-state index contributed by atoms with van der Waals surface area (Å²) in [5.74, 6) is -0.572. The Morgan fingerprint density at radius 1 is 0.289 bits per heavy atom. The van der Waals surface area contributed by atoms with Gasteiger partial charge in [-0.1, -0.05) is 356 Å². The van der Waals surface area contributed by atoms with Gasteiger partial charge in [0.15, 0.2) is 12.2 Å². The fraction of sp³-hybridized carbons (Fsp3) is 0.949. The second-order valence-corrected chi connectivity index (χ2v) is 31.5. The highest BCUT2D eigenvalue weighted by Crippen LogP contribution is 2.45. The molecular formula is C78H152O17P2. The summed E-state index contributed by atoms with van der Waals surface area (Å²) in [7, 11) is -9.92. The van der Waals surface area contributed by atoms with Crippen molar-refractivity contribution in [1.82, 2.24) is 0 Å². The summed E-state index contributed by atoms with van der Waals surface area (Å²) in [6, 6.07) is 0. The predicted octanol–water partition coefficient (Wildman–Crippen LogP) is 23.1. The molecule has 0 heterocycles. The van der Waals surface area contributed by atoms with Crippen molar-refractivity contribution in [3.05, 3.63) is 0 Å². The van der Waals surface area contributed by atoms with Crippen LogP contribution in [0.15, 0.2) is 0 Å². The van der Waals surface area contributed by atoms with Crippen LogP contribution in [0.1, 0.15) is 408 Å². The molecule has 4 unspecified atom stereocenters. The Morgan fingerprint density at radius 3 is 0.732 bits per heavy atom. The zero-order valence-corrected chi connectivity index (χ0v) is 65.2. The molecule has 0 saturated carbocycles. The Labute approximate surface area is 594 Å². The van der Waals surface area contributed by atoms with Crippen molar-refractivity contribution >= 4 is 39.5 Å². The molecule has 97 heavy (non-hydrogen) atoms. The van der Waals surface area contributed by atoms with Crippen molar-refractivity contribution in [2.45, 2.75) is 426 Å². The lowest BCUT2D eigenvalue weighted by molar-refractivity contribution is -0.161. The van der Waals surface area contributed by atoms with Crippen molar-refractivity contribution in [1.29, 1.82) is 0 Å². The van der Waals surface area contributed by atoms with E-state index >= 15 is 0 Å². The third-order valence-corrected chi connectivity index (χ3v) is 20.8. The minimum Gasteiger partial charge on any atom is -0.462 e. The highest BCUT2D eigenvalue weighted by molar-refractivity contribution is 7.47. The smallest absolute Gasteiger partial charge is 0.462 e. The number of phosphoric acid groups is 2. The standard InChI is InChI=1S/C78H152O17P2/c1-7-11-13-15-17-19-21-23-25-26-27-28-29-31-33-39-43-51-57-63-77(82)94-73(66-88-75(80)60-54-48-41-37-35-34-36-40-46-52-58-70(5)9-3)68-92-96(84,85)90-64-72(79)65-91-97(86,87)93-69-74(67-89-76(81)61-55-49-45-44-47-53-59-71(6)10-4)95-78(83)62-56-50-42-38-32-30-24-22-20-18-16-14-12-8-2/h70-74,79H,7-69H2,1-6H3,(H,84,85)(H,86,87)/t70?,71?,72-,73-,74-/m1/s1. The van der Waals surface area contributed by atoms with Crippen LogP contribution in [0, 0.1) is 11.8 Å². The quantitative estimate of drug-likeness (QED) is 0.0222. The molecular weight excluding hydrogens is 1270 g/mol. The molecule has 0 fully saturated rings. The van der Waals surface area contributed by atoms with E-state index in [1.165, 1.54) is 218 Å². The SMILES string of the molecule is CCCCCCCCCCCCCCCCCCCCCC(=O)O[C@H](COC(=O)CCCCCCCCCCCCC(C)CC)COP(=O)(O)OC[C@@H](O)COP(=O)(O)OC[C@@H](COC(=O)CCCCCCCCC(C)CC)OC(=O)CCCCCCCCCCCCCCCC. The van der Waals surface area contributed by atoms with Crippen LogP contribution in [0.25, 0.3) is 0 Å². The van der Waals surface area contributed by atoms with Crippen LogP contribution in [0.5, 0.6) is 0 Å². The van der Waals surface area contributed by atoms with E-state index in [9.17, 15) is 43.2 Å². The van der Waals surface area contributed by atoms with Gasteiger partial charge in [0.1, 0.15) is 19.3 Å². The Balaban J connectivity index is 5.24. The minimum atomic E-state index is -4.96. The van der Waals surface area contributed by atoms with Gasteiger partial charge >= 0.3 is 39.5 Å². The Morgan fingerprint density at radius 2 is 0.495 bits per heavy atom. The zero-order chi connectivity index (χ0) is 71.4. The minimum absolute atomic E-state index is 0.107.